The fourth-order valence-electron chi connectivity index (χ4n) is 3.30. The fraction of sp³-hybridized carbons (Fsp3) is 0.700. The molecule has 1 saturated heterocycles. The van der Waals surface area contributed by atoms with Gasteiger partial charge in [-0.3, -0.25) is 39.2 Å². The van der Waals surface area contributed by atoms with Crippen molar-refractivity contribution in [3.8, 4) is 0 Å². The molecule has 0 spiro atoms. The van der Waals surface area contributed by atoms with Gasteiger partial charge >= 0.3 is 0 Å². The van der Waals surface area contributed by atoms with E-state index in [1.165, 1.54) is 18.7 Å². The normalized spacial score (nSPS) is 18.0. The van der Waals surface area contributed by atoms with Crippen molar-refractivity contribution in [1.29, 1.82) is 0 Å². The molecule has 1 aliphatic rings. The van der Waals surface area contributed by atoms with Gasteiger partial charge in [0.15, 0.2) is 0 Å². The number of nitrogens with one attached hydrogen (secondary N) is 2. The van der Waals surface area contributed by atoms with E-state index in [2.05, 4.69) is 10.7 Å². The number of aliphatic hydroxyl groups is 1. The third kappa shape index (κ3) is 7.46. The van der Waals surface area contributed by atoms with Gasteiger partial charge in [-0.05, 0) is 40.5 Å². The topological polar surface area (TPSA) is 208 Å². The number of nitrogens with two attached hydrogens (primary N) is 2. The largest absolute Gasteiger partial charge is 0.383 e. The Morgan fingerprint density at radius 2 is 1.71 bits per heavy atom. The first-order valence-electron chi connectivity index (χ1n) is 10.9. The maximum Gasteiger partial charge on any atom is 0.272 e. The third-order valence-corrected chi connectivity index (χ3v) is 5.23. The molecule has 14 nitrogen and oxygen atoms in total. The van der Waals surface area contributed by atoms with Crippen LogP contribution in [0.2, 0.25) is 0 Å². The minimum absolute atomic E-state index is 0.198. The van der Waals surface area contributed by atoms with Crippen molar-refractivity contribution in [2.75, 3.05) is 6.54 Å². The lowest BCUT2D eigenvalue weighted by atomic mass is 10.1. The van der Waals surface area contributed by atoms with Crippen LogP contribution in [0.5, 0.6) is 0 Å². The number of likely N-dealkylation sites (tertiary alicyclic amines) is 1. The van der Waals surface area contributed by atoms with Gasteiger partial charge in [-0.25, -0.2) is 10.9 Å². The van der Waals surface area contributed by atoms with Crippen LogP contribution >= 0.6 is 0 Å². The summed E-state index contributed by atoms with van der Waals surface area (Å²) >= 11 is 0. The van der Waals surface area contributed by atoms with E-state index in [4.69, 9.17) is 11.6 Å². The molecule has 0 saturated carbocycles. The van der Waals surface area contributed by atoms with Crippen LogP contribution in [-0.4, -0.2) is 92.3 Å². The maximum atomic E-state index is 12.9. The molecule has 0 aromatic heterocycles. The summed E-state index contributed by atoms with van der Waals surface area (Å²) in [6.07, 6.45) is -1.74. The minimum atomic E-state index is -1.89. The molecule has 1 fully saturated rings. The molecule has 1 rings (SSSR count). The van der Waals surface area contributed by atoms with Gasteiger partial charge in [0, 0.05) is 19.5 Å². The van der Waals surface area contributed by atoms with E-state index in [1.54, 1.807) is 13.8 Å². The smallest absolute Gasteiger partial charge is 0.272 e. The average molecular weight is 486 g/mol. The predicted molar refractivity (Wildman–Crippen MR) is 118 cm³/mol. The number of rotatable bonds is 8. The number of nitrogens with zero attached hydrogens (tertiary/aromatic N) is 3. The van der Waals surface area contributed by atoms with Gasteiger partial charge in [0.05, 0.1) is 12.5 Å². The van der Waals surface area contributed by atoms with E-state index in [-0.39, 0.29) is 11.6 Å². The Morgan fingerprint density at radius 3 is 2.21 bits per heavy atom. The molecule has 0 aromatic rings. The van der Waals surface area contributed by atoms with Gasteiger partial charge in [0.1, 0.15) is 18.2 Å². The van der Waals surface area contributed by atoms with E-state index in [0.717, 1.165) is 11.9 Å². The Morgan fingerprint density at radius 1 is 1.12 bits per heavy atom. The van der Waals surface area contributed by atoms with Crippen molar-refractivity contribution in [2.45, 2.75) is 84.2 Å². The Bertz CT molecular complexity index is 817. The number of carbonyl (C=O) groups excluding carboxylic acids is 6. The number of imide groups is 1. The molecule has 192 valence electrons. The van der Waals surface area contributed by atoms with Crippen molar-refractivity contribution < 1.29 is 33.9 Å². The van der Waals surface area contributed by atoms with E-state index in [0.29, 0.717) is 12.8 Å². The molecule has 1 aliphatic heterocycles. The molecule has 14 heteroatoms. The van der Waals surface area contributed by atoms with Gasteiger partial charge in [0.25, 0.3) is 11.8 Å². The molecule has 0 bridgehead atoms. The number of hydrazine groups is 2. The second-order valence-corrected chi connectivity index (χ2v) is 8.49. The lowest BCUT2D eigenvalue weighted by Crippen LogP contribution is -2.58. The monoisotopic (exact) mass is 485 g/mol. The Kier molecular flexibility index (Phi) is 10.5. The number of hydrogen-bond acceptors (Lipinski definition) is 9. The van der Waals surface area contributed by atoms with Crippen LogP contribution in [0.1, 0.15) is 53.9 Å². The van der Waals surface area contributed by atoms with Crippen molar-refractivity contribution in [2.24, 2.45) is 11.6 Å². The van der Waals surface area contributed by atoms with Crippen LogP contribution in [0.3, 0.4) is 0 Å². The zero-order valence-electron chi connectivity index (χ0n) is 20.1. The summed E-state index contributed by atoms with van der Waals surface area (Å²) in [6, 6.07) is -3.16. The summed E-state index contributed by atoms with van der Waals surface area (Å²) in [5.41, 5.74) is 7.95. The second-order valence-electron chi connectivity index (χ2n) is 8.49. The van der Waals surface area contributed by atoms with E-state index in [1.807, 2.05) is 0 Å². The van der Waals surface area contributed by atoms with Crippen molar-refractivity contribution >= 4 is 35.4 Å². The average Bonchev–Trinajstić information content (AvgIpc) is 3.24. The second kappa shape index (κ2) is 12.4. The van der Waals surface area contributed by atoms with E-state index < -0.39 is 72.1 Å². The summed E-state index contributed by atoms with van der Waals surface area (Å²) in [4.78, 5) is 74.7. The molecule has 1 unspecified atom stereocenters. The lowest BCUT2D eigenvalue weighted by Gasteiger charge is -2.32. The van der Waals surface area contributed by atoms with Crippen LogP contribution in [0.15, 0.2) is 0 Å². The Labute approximate surface area is 197 Å². The van der Waals surface area contributed by atoms with Gasteiger partial charge < -0.3 is 21.1 Å². The Hall–Kier alpha value is -3.10. The molecule has 0 radical (unpaired) electrons. The first-order valence-corrected chi connectivity index (χ1v) is 10.9. The third-order valence-electron chi connectivity index (χ3n) is 5.23. The van der Waals surface area contributed by atoms with Crippen molar-refractivity contribution in [3.63, 3.8) is 0 Å². The van der Waals surface area contributed by atoms with Crippen LogP contribution < -0.4 is 22.3 Å². The zero-order valence-corrected chi connectivity index (χ0v) is 20.1. The molecular weight excluding hydrogens is 450 g/mol. The summed E-state index contributed by atoms with van der Waals surface area (Å²) in [7, 11) is 0. The van der Waals surface area contributed by atoms with Gasteiger partial charge in [-0.15, -0.1) is 0 Å². The number of carbonyl (C=O) groups is 6. The quantitative estimate of drug-likeness (QED) is 0.135. The van der Waals surface area contributed by atoms with Crippen LogP contribution in [0, 0.1) is 0 Å². The summed E-state index contributed by atoms with van der Waals surface area (Å²) in [6.45, 7) is 7.46. The number of hydrogen-bond donors (Lipinski definition) is 5. The van der Waals surface area contributed by atoms with Crippen LogP contribution in [-0.2, 0) is 28.8 Å². The minimum Gasteiger partial charge on any atom is -0.383 e. The van der Waals surface area contributed by atoms with Crippen molar-refractivity contribution in [1.82, 2.24) is 25.7 Å². The highest BCUT2D eigenvalue weighted by molar-refractivity contribution is 5.98. The number of aliphatic hydroxyl groups excluding tert-OH is 1. The molecule has 0 aromatic carbocycles. The van der Waals surface area contributed by atoms with E-state index >= 15 is 0 Å². The van der Waals surface area contributed by atoms with Gasteiger partial charge in [-0.1, -0.05) is 0 Å². The summed E-state index contributed by atoms with van der Waals surface area (Å²) in [5.74, 6) is 0.872. The Balaban J connectivity index is 2.87. The summed E-state index contributed by atoms with van der Waals surface area (Å²) in [5, 5.41) is 13.6. The molecule has 6 amide bonds. The molecule has 4 atom stereocenters. The van der Waals surface area contributed by atoms with Crippen LogP contribution in [0.25, 0.3) is 0 Å². The van der Waals surface area contributed by atoms with Crippen LogP contribution in [0.4, 0.5) is 0 Å². The predicted octanol–water partition coefficient (Wildman–Crippen LogP) is -2.90. The molecule has 0 aliphatic carbocycles. The maximum absolute atomic E-state index is 12.9. The van der Waals surface area contributed by atoms with Gasteiger partial charge in [-0.2, -0.15) is 0 Å². The first-order chi connectivity index (χ1) is 15.7. The summed E-state index contributed by atoms with van der Waals surface area (Å²) < 4.78 is 0. The zero-order chi connectivity index (χ0) is 26.3. The molecule has 7 N–H and O–H groups in total. The standard InChI is InChI=1S/C20H35N7O7/c1-10(2)27(16(30)9-15(29)20(34)26(22)13(5)28)24-18(32)14-7-6-8-25(14)19(33)12(4)23-17(31)11(3)21/h10-12,14-15,29H,6-9,21-22H2,1-5H3,(H,23,31)(H,24,32)/t11-,12-,14-,15?/m0/s1. The van der Waals surface area contributed by atoms with Crippen molar-refractivity contribution in [3.05, 3.63) is 0 Å². The lowest BCUT2D eigenvalue weighted by molar-refractivity contribution is -0.155. The van der Waals surface area contributed by atoms with E-state index in [9.17, 15) is 33.9 Å². The highest BCUT2D eigenvalue weighted by Gasteiger charge is 2.38. The van der Waals surface area contributed by atoms with Gasteiger partial charge in [0.2, 0.25) is 23.6 Å². The highest BCUT2D eigenvalue weighted by atomic mass is 16.3. The first kappa shape index (κ1) is 28.9. The molecular formula is C20H35N7O7. The highest BCUT2D eigenvalue weighted by Crippen LogP contribution is 2.19. The molecule has 1 heterocycles. The SMILES string of the molecule is CC(=O)N(N)C(=O)C(O)CC(=O)N(NC(=O)[C@@H]1CCCN1C(=O)[C@H](C)NC(=O)[C@H](C)N)C(C)C. The fourth-order valence-corrected chi connectivity index (χ4v) is 3.30. The molecule has 34 heavy (non-hydrogen) atoms. The number of amides is 6.